The van der Waals surface area contributed by atoms with Crippen molar-refractivity contribution in [1.82, 2.24) is 19.7 Å². The third-order valence-electron chi connectivity index (χ3n) is 4.40. The molecule has 9 heteroatoms. The zero-order chi connectivity index (χ0) is 21.6. The topological polar surface area (TPSA) is 88.7 Å². The molecule has 0 unspecified atom stereocenters. The van der Waals surface area contributed by atoms with Crippen molar-refractivity contribution in [3.05, 3.63) is 48.4 Å². The monoisotopic (exact) mass is 438 g/mol. The molecule has 3 aromatic rings. The van der Waals surface area contributed by atoms with Crippen LogP contribution in [0, 0.1) is 11.3 Å². The van der Waals surface area contributed by atoms with E-state index in [1.807, 2.05) is 47.6 Å². The summed E-state index contributed by atoms with van der Waals surface area (Å²) in [5.41, 5.74) is 3.34. The van der Waals surface area contributed by atoms with E-state index >= 15 is 0 Å². The van der Waals surface area contributed by atoms with Crippen molar-refractivity contribution in [3.8, 4) is 17.2 Å². The van der Waals surface area contributed by atoms with Crippen LogP contribution in [0.5, 0.6) is 0 Å². The van der Waals surface area contributed by atoms with E-state index in [9.17, 15) is 5.26 Å². The number of nitrogens with zero attached hydrogens (tertiary/aromatic N) is 5. The summed E-state index contributed by atoms with van der Waals surface area (Å²) in [5.74, 6) is 0.507. The van der Waals surface area contributed by atoms with Crippen LogP contribution in [-0.2, 0) is 11.5 Å². The maximum atomic E-state index is 9.28. The summed E-state index contributed by atoms with van der Waals surface area (Å²) in [7, 11) is -1.08. The minimum Gasteiger partial charge on any atom is -0.360 e. The van der Waals surface area contributed by atoms with E-state index < -0.39 is 8.07 Å². The molecule has 0 saturated carbocycles. The van der Waals surface area contributed by atoms with Crippen LogP contribution in [0.4, 0.5) is 11.5 Å². The number of hydrogen-bond acceptors (Lipinski definition) is 7. The minimum atomic E-state index is -1.08. The van der Waals surface area contributed by atoms with Gasteiger partial charge in [-0.15, -0.1) is 0 Å². The summed E-state index contributed by atoms with van der Waals surface area (Å²) in [6, 6.07) is 11.2. The third kappa shape index (κ3) is 6.16. The van der Waals surface area contributed by atoms with Crippen LogP contribution in [0.15, 0.2) is 48.0 Å². The standard InChI is InChI=1S/C21H26N6OSSi/c1-29-21-23-12-17(11-22)20(26-21)25-19-7-5-16(6-8-19)18-13-24-27(14-18)15-28-9-10-30(2,3)4/h5-8,12-14H,9-10,15H2,1-4H3,(H,23,25,26). The highest BCUT2D eigenvalue weighted by molar-refractivity contribution is 7.98. The first kappa shape index (κ1) is 22.0. The highest BCUT2D eigenvalue weighted by Crippen LogP contribution is 2.24. The molecule has 0 atom stereocenters. The molecule has 0 fully saturated rings. The van der Waals surface area contributed by atoms with Crippen molar-refractivity contribution in [1.29, 1.82) is 5.26 Å². The zero-order valence-electron chi connectivity index (χ0n) is 17.7. The molecule has 7 nitrogen and oxygen atoms in total. The third-order valence-corrected chi connectivity index (χ3v) is 6.67. The summed E-state index contributed by atoms with van der Waals surface area (Å²) >= 11 is 1.43. The van der Waals surface area contributed by atoms with Crippen LogP contribution in [0.1, 0.15) is 5.56 Å². The predicted molar refractivity (Wildman–Crippen MR) is 124 cm³/mol. The number of benzene rings is 1. The van der Waals surface area contributed by atoms with Crippen LogP contribution < -0.4 is 5.32 Å². The van der Waals surface area contributed by atoms with Crippen molar-refractivity contribution >= 4 is 31.3 Å². The Bertz CT molecular complexity index is 1020. The molecule has 3 rings (SSSR count). The number of nitriles is 1. The van der Waals surface area contributed by atoms with Gasteiger partial charge in [0.2, 0.25) is 0 Å². The van der Waals surface area contributed by atoms with Crippen molar-refractivity contribution in [3.63, 3.8) is 0 Å². The van der Waals surface area contributed by atoms with Crippen LogP contribution in [-0.4, -0.2) is 40.7 Å². The van der Waals surface area contributed by atoms with E-state index in [2.05, 4.69) is 46.1 Å². The van der Waals surface area contributed by atoms with Crippen LogP contribution in [0.3, 0.4) is 0 Å². The van der Waals surface area contributed by atoms with Gasteiger partial charge >= 0.3 is 0 Å². The Hall–Kier alpha value is -2.67. The lowest BCUT2D eigenvalue weighted by Gasteiger charge is -2.15. The first-order valence-corrected chi connectivity index (χ1v) is 14.6. The van der Waals surface area contributed by atoms with Gasteiger partial charge < -0.3 is 10.1 Å². The van der Waals surface area contributed by atoms with Gasteiger partial charge in [-0.05, 0) is 30.0 Å². The Balaban J connectivity index is 1.63. The molecule has 0 saturated heterocycles. The van der Waals surface area contributed by atoms with Gasteiger partial charge in [-0.25, -0.2) is 14.6 Å². The maximum absolute atomic E-state index is 9.28. The second kappa shape index (κ2) is 9.89. The smallest absolute Gasteiger partial charge is 0.189 e. The molecular weight excluding hydrogens is 412 g/mol. The van der Waals surface area contributed by atoms with E-state index in [1.165, 1.54) is 18.0 Å². The Morgan fingerprint density at radius 3 is 2.60 bits per heavy atom. The highest BCUT2D eigenvalue weighted by Gasteiger charge is 2.12. The number of thioether (sulfide) groups is 1. The van der Waals surface area contributed by atoms with Gasteiger partial charge in [0.15, 0.2) is 11.0 Å². The van der Waals surface area contributed by atoms with Gasteiger partial charge in [-0.2, -0.15) is 10.4 Å². The summed E-state index contributed by atoms with van der Waals surface area (Å²) in [5, 5.41) is 17.5. The quantitative estimate of drug-likeness (QED) is 0.218. The van der Waals surface area contributed by atoms with Gasteiger partial charge in [0.05, 0.1) is 12.4 Å². The average Bonchev–Trinajstić information content (AvgIpc) is 3.20. The SMILES string of the molecule is CSc1ncc(C#N)c(Nc2ccc(-c3cnn(COCC[Si](C)(C)C)c3)cc2)n1. The molecular formula is C21H26N6OSSi. The second-order valence-electron chi connectivity index (χ2n) is 8.05. The summed E-state index contributed by atoms with van der Waals surface area (Å²) in [4.78, 5) is 8.52. The van der Waals surface area contributed by atoms with Crippen LogP contribution in [0.25, 0.3) is 11.1 Å². The lowest BCUT2D eigenvalue weighted by atomic mass is 10.1. The maximum Gasteiger partial charge on any atom is 0.189 e. The van der Waals surface area contributed by atoms with Gasteiger partial charge in [0.25, 0.3) is 0 Å². The second-order valence-corrected chi connectivity index (χ2v) is 14.4. The average molecular weight is 439 g/mol. The van der Waals surface area contributed by atoms with E-state index in [0.29, 0.717) is 23.3 Å². The minimum absolute atomic E-state index is 0.410. The molecule has 0 bridgehead atoms. The van der Waals surface area contributed by atoms with E-state index in [-0.39, 0.29) is 0 Å². The normalized spacial score (nSPS) is 11.3. The summed E-state index contributed by atoms with van der Waals surface area (Å²) < 4.78 is 7.57. The van der Waals surface area contributed by atoms with E-state index in [1.54, 1.807) is 0 Å². The molecule has 1 N–H and O–H groups in total. The van der Waals surface area contributed by atoms with E-state index in [0.717, 1.165) is 29.5 Å². The molecule has 0 amide bonds. The number of nitrogens with one attached hydrogen (secondary N) is 1. The van der Waals surface area contributed by atoms with Crippen molar-refractivity contribution in [2.45, 2.75) is 37.6 Å². The van der Waals surface area contributed by atoms with Crippen LogP contribution in [0.2, 0.25) is 25.7 Å². The number of anilines is 2. The Labute approximate surface area is 182 Å². The molecule has 0 aliphatic carbocycles. The zero-order valence-corrected chi connectivity index (χ0v) is 19.5. The molecule has 30 heavy (non-hydrogen) atoms. The number of aromatic nitrogens is 4. The largest absolute Gasteiger partial charge is 0.360 e. The first-order chi connectivity index (χ1) is 14.4. The lowest BCUT2D eigenvalue weighted by Crippen LogP contribution is -2.22. The van der Waals surface area contributed by atoms with E-state index in [4.69, 9.17) is 4.74 Å². The number of hydrogen-bond donors (Lipinski definition) is 1. The van der Waals surface area contributed by atoms with Crippen molar-refractivity contribution < 1.29 is 4.74 Å². The predicted octanol–water partition coefficient (Wildman–Crippen LogP) is 4.99. The fourth-order valence-electron chi connectivity index (χ4n) is 2.64. The van der Waals surface area contributed by atoms with Crippen molar-refractivity contribution in [2.75, 3.05) is 18.2 Å². The van der Waals surface area contributed by atoms with Crippen molar-refractivity contribution in [2.24, 2.45) is 0 Å². The van der Waals surface area contributed by atoms with Gasteiger partial charge in [-0.1, -0.05) is 43.5 Å². The fraction of sp³-hybridized carbons (Fsp3) is 0.333. The molecule has 0 spiro atoms. The van der Waals surface area contributed by atoms with Gasteiger partial charge in [0, 0.05) is 32.1 Å². The molecule has 2 aromatic heterocycles. The van der Waals surface area contributed by atoms with Gasteiger partial charge in [-0.3, -0.25) is 0 Å². The molecule has 2 heterocycles. The highest BCUT2D eigenvalue weighted by atomic mass is 32.2. The molecule has 1 aromatic carbocycles. The molecule has 0 radical (unpaired) electrons. The summed E-state index contributed by atoms with van der Waals surface area (Å²) in [6.07, 6.45) is 7.26. The molecule has 156 valence electrons. The first-order valence-electron chi connectivity index (χ1n) is 9.67. The fourth-order valence-corrected chi connectivity index (χ4v) is 3.74. The number of ether oxygens (including phenoxy) is 1. The lowest BCUT2D eigenvalue weighted by molar-refractivity contribution is 0.0786. The summed E-state index contributed by atoms with van der Waals surface area (Å²) in [6.45, 7) is 8.27. The van der Waals surface area contributed by atoms with Crippen LogP contribution >= 0.6 is 11.8 Å². The Morgan fingerprint density at radius 1 is 1.17 bits per heavy atom. The molecule has 0 aliphatic heterocycles. The number of rotatable bonds is 9. The Kier molecular flexibility index (Phi) is 7.26. The Morgan fingerprint density at radius 2 is 1.93 bits per heavy atom. The van der Waals surface area contributed by atoms with Gasteiger partial charge in [0.1, 0.15) is 18.4 Å². The molecule has 0 aliphatic rings.